The van der Waals surface area contributed by atoms with Gasteiger partial charge in [-0.3, -0.25) is 0 Å². The summed E-state index contributed by atoms with van der Waals surface area (Å²) in [6.45, 7) is 43.1. The third-order valence-electron chi connectivity index (χ3n) is 6.39. The molecule has 1 heterocycles. The Balaban J connectivity index is -0.000000284. The molecule has 2 aromatic carbocycles. The van der Waals surface area contributed by atoms with Gasteiger partial charge in [-0.05, 0) is 40.8 Å². The Morgan fingerprint density at radius 3 is 1.42 bits per heavy atom. The Hall–Kier alpha value is -2.27. The second-order valence-electron chi connectivity index (χ2n) is 11.4. The van der Waals surface area contributed by atoms with Crippen molar-refractivity contribution < 1.29 is 70.6 Å². The fraction of sp³-hybridized carbons (Fsp3) is 0.389. The summed E-state index contributed by atoms with van der Waals surface area (Å²) in [6.07, 6.45) is 10.5. The van der Waals surface area contributed by atoms with Crippen molar-refractivity contribution in [1.82, 2.24) is 0 Å². The normalized spacial score (nSPS) is 16.9. The standard InChI is InChI=1S/C30H42O2Si2.6CO.2Co/c1-8-28-29(22-16-15-17-25(31-28)23-24-33(5,6)7)32-34(30(2,3)4,26-18-11-9-12-19-26)27-20-13-10-14-21-27;6*1-2;;/h9-16,18-21,25,28-29H,8,17,22H2,1-7H3;;;;;;;;/b16-15-,24-23?;;;;;;;;/t25-,28-,29-;;;;;;;;/m1......../s1. The first-order chi connectivity index (χ1) is 22.1. The van der Waals surface area contributed by atoms with Crippen LogP contribution in [0, 0.1) is 51.7 Å². The molecule has 1 aliphatic heterocycles. The van der Waals surface area contributed by atoms with E-state index in [2.05, 4.69) is 172 Å². The van der Waals surface area contributed by atoms with Gasteiger partial charge in [0.15, 0.2) is 0 Å². The first kappa shape index (κ1) is 58.0. The average Bonchev–Trinajstić information content (AvgIpc) is 3.09. The molecule has 12 heteroatoms. The molecule has 2 aromatic rings. The third-order valence-corrected chi connectivity index (χ3v) is 12.4. The predicted octanol–water partition coefficient (Wildman–Crippen LogP) is 6.26. The summed E-state index contributed by atoms with van der Waals surface area (Å²) in [5, 5.41) is 2.56. The van der Waals surface area contributed by atoms with Crippen LogP contribution >= 0.6 is 0 Å². The molecule has 1 aliphatic rings. The maximum atomic E-state index is 7.50. The van der Waals surface area contributed by atoms with Gasteiger partial charge in [0, 0.05) is 33.6 Å². The number of hydrogen-bond donors (Lipinski definition) is 0. The Labute approximate surface area is 310 Å². The van der Waals surface area contributed by atoms with Crippen molar-refractivity contribution in [1.29, 1.82) is 0 Å². The summed E-state index contributed by atoms with van der Waals surface area (Å²) in [4.78, 5) is 0. The van der Waals surface area contributed by atoms with Gasteiger partial charge in [-0.2, -0.15) is 0 Å². The molecule has 0 bridgehead atoms. The molecule has 8 nitrogen and oxygen atoms in total. The Bertz CT molecular complexity index is 1140. The van der Waals surface area contributed by atoms with Gasteiger partial charge in [0.05, 0.1) is 26.4 Å². The van der Waals surface area contributed by atoms with E-state index in [0.29, 0.717) is 0 Å². The van der Waals surface area contributed by atoms with E-state index >= 15 is 0 Å². The van der Waals surface area contributed by atoms with E-state index in [0.717, 1.165) is 19.3 Å². The van der Waals surface area contributed by atoms with Crippen molar-refractivity contribution in [2.24, 2.45) is 0 Å². The number of rotatable bonds is 7. The van der Waals surface area contributed by atoms with Crippen molar-refractivity contribution in [3.05, 3.63) is 124 Å². The van der Waals surface area contributed by atoms with E-state index < -0.39 is 16.4 Å². The van der Waals surface area contributed by atoms with Crippen LogP contribution in [0.2, 0.25) is 24.7 Å². The quantitative estimate of drug-likeness (QED) is 0.142. The maximum Gasteiger partial charge on any atom is 0 e. The first-order valence-corrected chi connectivity index (χ1v) is 19.3. The van der Waals surface area contributed by atoms with Crippen LogP contribution in [0.4, 0.5) is 0 Å². The van der Waals surface area contributed by atoms with E-state index in [9.17, 15) is 0 Å². The molecule has 0 aromatic heterocycles. The minimum atomic E-state index is -2.65. The number of ether oxygens (including phenoxy) is 1. The zero-order chi connectivity index (χ0) is 36.8. The zero-order valence-corrected chi connectivity index (χ0v) is 32.3. The van der Waals surface area contributed by atoms with Gasteiger partial charge in [-0.1, -0.05) is 126 Å². The Kier molecular flexibility index (Phi) is 41.8. The van der Waals surface area contributed by atoms with Crippen molar-refractivity contribution in [3.8, 4) is 0 Å². The minimum Gasteiger partial charge on any atom is 0 e. The van der Waals surface area contributed by atoms with E-state index in [1.54, 1.807) is 0 Å². The van der Waals surface area contributed by atoms with Gasteiger partial charge >= 0.3 is 67.8 Å². The van der Waals surface area contributed by atoms with Crippen molar-refractivity contribution in [3.63, 3.8) is 0 Å². The Morgan fingerprint density at radius 1 is 0.708 bits per heavy atom. The molecule has 0 N–H and O–H groups in total. The Morgan fingerprint density at radius 2 is 1.08 bits per heavy atom. The average molecular weight is 777 g/mol. The van der Waals surface area contributed by atoms with Crippen molar-refractivity contribution >= 4 is 26.8 Å². The van der Waals surface area contributed by atoms with Crippen LogP contribution in [-0.4, -0.2) is 34.7 Å². The number of hydrogen-bond acceptors (Lipinski definition) is 2. The molecule has 260 valence electrons. The van der Waals surface area contributed by atoms with Gasteiger partial charge < -0.3 is 9.16 Å². The molecule has 0 amide bonds. The van der Waals surface area contributed by atoms with Crippen molar-refractivity contribution in [2.75, 3.05) is 0 Å². The molecular formula is C36H42Co2O8Si2. The molecule has 4 radical (unpaired) electrons. The smallest absolute Gasteiger partial charge is 0 e. The van der Waals surface area contributed by atoms with Crippen LogP contribution in [0.1, 0.15) is 47.0 Å². The summed E-state index contributed by atoms with van der Waals surface area (Å²) in [5.74, 6) is 0. The SMILES string of the molecule is CC[C@H]1O[C@@H]([C]=[C][Si](C)(C)C)C/C=C\C[C@H]1O[Si](c1ccccc1)(c1ccccc1)C(C)(C)C.[C-]#[O+].[C-]#[O+].[C-]#[O+].[C-]#[O+].[C-]#[O+].[C-]#[O+].[Co].[Co]. The van der Waals surface area contributed by atoms with E-state index in [1.807, 2.05) is 0 Å². The second-order valence-corrected chi connectivity index (χ2v) is 20.4. The van der Waals surface area contributed by atoms with Gasteiger partial charge in [0.1, 0.15) is 0 Å². The largest absolute Gasteiger partial charge is 0 e. The molecule has 0 saturated carbocycles. The van der Waals surface area contributed by atoms with E-state index in [1.165, 1.54) is 10.4 Å². The van der Waals surface area contributed by atoms with Crippen LogP contribution in [-0.2, 0) is 70.6 Å². The summed E-state index contributed by atoms with van der Waals surface area (Å²) in [7, 11) is -4.11. The van der Waals surface area contributed by atoms with E-state index in [-0.39, 0.29) is 56.9 Å². The van der Waals surface area contributed by atoms with Gasteiger partial charge in [-0.25, -0.2) is 0 Å². The van der Waals surface area contributed by atoms with Gasteiger partial charge in [0.25, 0.3) is 8.32 Å². The minimum absolute atomic E-state index is 0. The summed E-state index contributed by atoms with van der Waals surface area (Å²) >= 11 is 0. The van der Waals surface area contributed by atoms with Crippen LogP contribution < -0.4 is 10.4 Å². The molecule has 0 unspecified atom stereocenters. The van der Waals surface area contributed by atoms with Gasteiger partial charge in [-0.15, -0.1) is 0 Å². The molecule has 0 spiro atoms. The third kappa shape index (κ3) is 20.3. The maximum absolute atomic E-state index is 7.50. The first-order valence-electron chi connectivity index (χ1n) is 13.9. The van der Waals surface area contributed by atoms with Crippen molar-refractivity contribution in [2.45, 2.75) is 89.9 Å². The van der Waals surface area contributed by atoms with Crippen LogP contribution in [0.15, 0.2) is 72.8 Å². The fourth-order valence-electron chi connectivity index (χ4n) is 4.75. The van der Waals surface area contributed by atoms with Crippen LogP contribution in [0.25, 0.3) is 0 Å². The molecule has 3 rings (SSSR count). The summed E-state index contributed by atoms with van der Waals surface area (Å²) in [6, 6.07) is 21.8. The molecule has 0 saturated heterocycles. The molecule has 0 aliphatic carbocycles. The zero-order valence-electron chi connectivity index (χ0n) is 28.2. The van der Waals surface area contributed by atoms with Crippen LogP contribution in [0.3, 0.4) is 0 Å². The topological polar surface area (TPSA) is 138 Å². The molecule has 3 atom stereocenters. The predicted molar refractivity (Wildman–Crippen MR) is 173 cm³/mol. The van der Waals surface area contributed by atoms with Crippen LogP contribution in [0.5, 0.6) is 0 Å². The molecule has 0 fully saturated rings. The summed E-state index contributed by atoms with van der Waals surface area (Å²) in [5.41, 5.74) is 3.52. The molecule has 48 heavy (non-hydrogen) atoms. The number of benzene rings is 2. The fourth-order valence-corrected chi connectivity index (χ4v) is 10.1. The molecular weight excluding hydrogens is 734 g/mol. The summed E-state index contributed by atoms with van der Waals surface area (Å²) < 4.78 is 59.1. The monoisotopic (exact) mass is 776 g/mol. The second kappa shape index (κ2) is 34.6. The van der Waals surface area contributed by atoms with Gasteiger partial charge in [0.2, 0.25) is 0 Å². The van der Waals surface area contributed by atoms with E-state index in [4.69, 9.17) is 37.1 Å².